The van der Waals surface area contributed by atoms with Crippen LogP contribution in [0.15, 0.2) is 0 Å². The zero-order valence-corrected chi connectivity index (χ0v) is 9.84. The maximum Gasteiger partial charge on any atom is 0.326 e. The summed E-state index contributed by atoms with van der Waals surface area (Å²) in [5.74, 6) is -0.899. The molecule has 2 aliphatic heterocycles. The second-order valence-corrected chi connectivity index (χ2v) is 4.80. The van der Waals surface area contributed by atoms with Crippen molar-refractivity contribution in [2.75, 3.05) is 19.6 Å². The fourth-order valence-electron chi connectivity index (χ4n) is 2.52. The summed E-state index contributed by atoms with van der Waals surface area (Å²) in [6.45, 7) is 1.84. The van der Waals surface area contributed by atoms with Crippen molar-refractivity contribution in [2.24, 2.45) is 5.73 Å². The van der Waals surface area contributed by atoms with Crippen molar-refractivity contribution < 1.29 is 14.7 Å². The number of urea groups is 1. The summed E-state index contributed by atoms with van der Waals surface area (Å²) in [4.78, 5) is 26.4. The number of rotatable bonds is 1. The molecule has 3 N–H and O–H groups in total. The normalized spacial score (nSPS) is 26.3. The first-order chi connectivity index (χ1) is 8.09. The van der Waals surface area contributed by atoms with Gasteiger partial charge in [-0.15, -0.1) is 0 Å². The number of amides is 2. The van der Waals surface area contributed by atoms with E-state index in [4.69, 9.17) is 10.8 Å². The van der Waals surface area contributed by atoms with Gasteiger partial charge in [0, 0.05) is 25.7 Å². The Morgan fingerprint density at radius 3 is 2.35 bits per heavy atom. The molecule has 2 aliphatic rings. The highest BCUT2D eigenvalue weighted by Gasteiger charge is 2.36. The Hall–Kier alpha value is -1.30. The molecule has 0 saturated carbocycles. The van der Waals surface area contributed by atoms with Gasteiger partial charge in [0.25, 0.3) is 0 Å². The smallest absolute Gasteiger partial charge is 0.326 e. The molecule has 0 aliphatic carbocycles. The van der Waals surface area contributed by atoms with Crippen LogP contribution in [0.5, 0.6) is 0 Å². The predicted molar refractivity (Wildman–Crippen MR) is 61.5 cm³/mol. The SMILES string of the molecule is NC1CCN(C(=O)N2CCC[C@H]2C(=O)O)CC1. The van der Waals surface area contributed by atoms with Crippen molar-refractivity contribution in [3.8, 4) is 0 Å². The van der Waals surface area contributed by atoms with Gasteiger partial charge in [0.1, 0.15) is 6.04 Å². The highest BCUT2D eigenvalue weighted by Crippen LogP contribution is 2.21. The van der Waals surface area contributed by atoms with Crippen molar-refractivity contribution in [3.05, 3.63) is 0 Å². The molecule has 0 radical (unpaired) electrons. The summed E-state index contributed by atoms with van der Waals surface area (Å²) in [6, 6.07) is -0.604. The van der Waals surface area contributed by atoms with Crippen LogP contribution in [0.2, 0.25) is 0 Å². The minimum Gasteiger partial charge on any atom is -0.480 e. The summed E-state index contributed by atoms with van der Waals surface area (Å²) in [7, 11) is 0. The maximum absolute atomic E-state index is 12.2. The second kappa shape index (κ2) is 4.91. The molecule has 1 atom stereocenters. The van der Waals surface area contributed by atoms with Crippen molar-refractivity contribution in [1.82, 2.24) is 9.80 Å². The number of hydrogen-bond donors (Lipinski definition) is 2. The fourth-order valence-corrected chi connectivity index (χ4v) is 2.52. The molecule has 0 aromatic heterocycles. The number of likely N-dealkylation sites (tertiary alicyclic amines) is 2. The van der Waals surface area contributed by atoms with Crippen molar-refractivity contribution in [3.63, 3.8) is 0 Å². The van der Waals surface area contributed by atoms with Gasteiger partial charge >= 0.3 is 12.0 Å². The molecule has 0 aromatic rings. The molecular formula is C11H19N3O3. The van der Waals surface area contributed by atoms with Crippen LogP contribution >= 0.6 is 0 Å². The van der Waals surface area contributed by atoms with Gasteiger partial charge in [-0.25, -0.2) is 9.59 Å². The van der Waals surface area contributed by atoms with E-state index in [1.807, 2.05) is 0 Å². The summed E-state index contributed by atoms with van der Waals surface area (Å²) in [5, 5.41) is 9.04. The molecule has 2 saturated heterocycles. The number of carboxylic acids is 1. The summed E-state index contributed by atoms with van der Waals surface area (Å²) < 4.78 is 0. The molecule has 6 heteroatoms. The Labute approximate surface area is 100 Å². The minimum atomic E-state index is -0.899. The average Bonchev–Trinajstić information content (AvgIpc) is 2.78. The Balaban J connectivity index is 1.97. The van der Waals surface area contributed by atoms with Gasteiger partial charge in [0.2, 0.25) is 0 Å². The van der Waals surface area contributed by atoms with Crippen LogP contribution in [0.1, 0.15) is 25.7 Å². The molecule has 0 unspecified atom stereocenters. The molecule has 0 aromatic carbocycles. The van der Waals surface area contributed by atoms with Gasteiger partial charge in [0.05, 0.1) is 0 Å². The lowest BCUT2D eigenvalue weighted by Gasteiger charge is -2.34. The van der Waals surface area contributed by atoms with Crippen LogP contribution in [0.4, 0.5) is 4.79 Å². The van der Waals surface area contributed by atoms with E-state index in [0.29, 0.717) is 26.1 Å². The predicted octanol–water partition coefficient (Wildman–Crippen LogP) is 0.0785. The molecule has 2 heterocycles. The van der Waals surface area contributed by atoms with E-state index >= 15 is 0 Å². The quantitative estimate of drug-likeness (QED) is 0.680. The summed E-state index contributed by atoms with van der Waals surface area (Å²) in [6.07, 6.45) is 2.94. The topological polar surface area (TPSA) is 86.9 Å². The van der Waals surface area contributed by atoms with E-state index in [0.717, 1.165) is 19.3 Å². The first-order valence-electron chi connectivity index (χ1n) is 6.13. The van der Waals surface area contributed by atoms with Gasteiger partial charge in [-0.3, -0.25) is 0 Å². The highest BCUT2D eigenvalue weighted by atomic mass is 16.4. The zero-order valence-electron chi connectivity index (χ0n) is 9.84. The third-order valence-electron chi connectivity index (χ3n) is 3.59. The lowest BCUT2D eigenvalue weighted by Crippen LogP contribution is -2.51. The second-order valence-electron chi connectivity index (χ2n) is 4.80. The van der Waals surface area contributed by atoms with Crippen LogP contribution in [-0.2, 0) is 4.79 Å². The Kier molecular flexibility index (Phi) is 3.51. The number of carbonyl (C=O) groups excluding carboxylic acids is 1. The van der Waals surface area contributed by atoms with E-state index in [1.165, 1.54) is 4.90 Å². The summed E-state index contributed by atoms with van der Waals surface area (Å²) in [5.41, 5.74) is 5.78. The van der Waals surface area contributed by atoms with Crippen LogP contribution in [0.3, 0.4) is 0 Å². The van der Waals surface area contributed by atoms with Crippen LogP contribution in [-0.4, -0.2) is 58.6 Å². The largest absolute Gasteiger partial charge is 0.480 e. The van der Waals surface area contributed by atoms with Crippen LogP contribution < -0.4 is 5.73 Å². The van der Waals surface area contributed by atoms with E-state index in [2.05, 4.69) is 0 Å². The maximum atomic E-state index is 12.2. The number of nitrogens with zero attached hydrogens (tertiary/aromatic N) is 2. The van der Waals surface area contributed by atoms with E-state index in [9.17, 15) is 9.59 Å². The monoisotopic (exact) mass is 241 g/mol. The molecule has 96 valence electrons. The fraction of sp³-hybridized carbons (Fsp3) is 0.818. The van der Waals surface area contributed by atoms with E-state index in [1.54, 1.807) is 4.90 Å². The highest BCUT2D eigenvalue weighted by molar-refractivity contribution is 5.83. The molecule has 17 heavy (non-hydrogen) atoms. The molecule has 2 fully saturated rings. The Bertz CT molecular complexity index is 313. The average molecular weight is 241 g/mol. The number of nitrogens with two attached hydrogens (primary N) is 1. The van der Waals surface area contributed by atoms with Crippen molar-refractivity contribution >= 4 is 12.0 Å². The number of carbonyl (C=O) groups is 2. The minimum absolute atomic E-state index is 0.137. The molecule has 0 spiro atoms. The first kappa shape index (κ1) is 12.2. The zero-order chi connectivity index (χ0) is 12.4. The molecule has 0 bridgehead atoms. The number of carboxylic acid groups (broad SMARTS) is 1. The first-order valence-corrected chi connectivity index (χ1v) is 6.13. The number of aliphatic carboxylic acids is 1. The standard InChI is InChI=1S/C11H19N3O3/c12-8-3-6-13(7-4-8)11(17)14-5-1-2-9(14)10(15)16/h8-9H,1-7,12H2,(H,15,16)/t9-/m0/s1. The van der Waals surface area contributed by atoms with E-state index < -0.39 is 12.0 Å². The van der Waals surface area contributed by atoms with Crippen LogP contribution in [0.25, 0.3) is 0 Å². The van der Waals surface area contributed by atoms with Crippen molar-refractivity contribution in [2.45, 2.75) is 37.8 Å². The molecule has 6 nitrogen and oxygen atoms in total. The van der Waals surface area contributed by atoms with E-state index in [-0.39, 0.29) is 12.1 Å². The lowest BCUT2D eigenvalue weighted by molar-refractivity contribution is -0.141. The van der Waals surface area contributed by atoms with Gasteiger partial charge in [-0.2, -0.15) is 0 Å². The summed E-state index contributed by atoms with van der Waals surface area (Å²) >= 11 is 0. The van der Waals surface area contributed by atoms with Gasteiger partial charge < -0.3 is 20.6 Å². The van der Waals surface area contributed by atoms with Crippen molar-refractivity contribution in [1.29, 1.82) is 0 Å². The van der Waals surface area contributed by atoms with Gasteiger partial charge in [-0.1, -0.05) is 0 Å². The van der Waals surface area contributed by atoms with Gasteiger partial charge in [-0.05, 0) is 25.7 Å². The van der Waals surface area contributed by atoms with Gasteiger partial charge in [0.15, 0.2) is 0 Å². The molecular weight excluding hydrogens is 222 g/mol. The third kappa shape index (κ3) is 2.52. The van der Waals surface area contributed by atoms with Crippen LogP contribution in [0, 0.1) is 0 Å². The Morgan fingerprint density at radius 2 is 1.76 bits per heavy atom. The number of piperidine rings is 1. The lowest BCUT2D eigenvalue weighted by atomic mass is 10.1. The Morgan fingerprint density at radius 1 is 1.12 bits per heavy atom. The molecule has 2 amide bonds. The third-order valence-corrected chi connectivity index (χ3v) is 3.59. The molecule has 2 rings (SSSR count). The number of hydrogen-bond acceptors (Lipinski definition) is 3.